The lowest BCUT2D eigenvalue weighted by atomic mass is 10.0. The van der Waals surface area contributed by atoms with Gasteiger partial charge in [-0.3, -0.25) is 4.99 Å². The van der Waals surface area contributed by atoms with Crippen LogP contribution in [0.1, 0.15) is 83.2 Å². The fraction of sp³-hybridized carbons (Fsp3) is 0.519. The number of aliphatic imine (C=N–C) groups is 1. The number of rotatable bonds is 16. The van der Waals surface area contributed by atoms with Crippen molar-refractivity contribution in [3.8, 4) is 17.1 Å². The highest BCUT2D eigenvalue weighted by molar-refractivity contribution is 5.99. The highest BCUT2D eigenvalue weighted by Crippen LogP contribution is 2.29. The molecule has 1 aliphatic rings. The summed E-state index contributed by atoms with van der Waals surface area (Å²) in [7, 11) is 0. The normalized spacial score (nSPS) is 14.4. The zero-order valence-corrected chi connectivity index (χ0v) is 19.5. The van der Waals surface area contributed by atoms with Crippen molar-refractivity contribution in [2.75, 3.05) is 13.2 Å². The number of hydrogen-bond donors (Lipinski definition) is 3. The largest absolute Gasteiger partial charge is 0.492 e. The number of nitrogens with zero attached hydrogens (tertiary/aromatic N) is 1. The Morgan fingerprint density at radius 1 is 0.938 bits per heavy atom. The molecule has 1 aliphatic heterocycles. The second kappa shape index (κ2) is 13.8. The molecule has 5 heteroatoms. The van der Waals surface area contributed by atoms with Crippen molar-refractivity contribution in [3.05, 3.63) is 47.9 Å². The van der Waals surface area contributed by atoms with Gasteiger partial charge in [-0.25, -0.2) is 0 Å². The number of aromatic amines is 2. The van der Waals surface area contributed by atoms with Crippen LogP contribution in [0.25, 0.3) is 17.5 Å². The molecule has 0 saturated heterocycles. The van der Waals surface area contributed by atoms with Gasteiger partial charge in [0.1, 0.15) is 5.75 Å². The Kier molecular flexibility index (Phi) is 10.4. The van der Waals surface area contributed by atoms with Gasteiger partial charge in [0.05, 0.1) is 29.4 Å². The van der Waals surface area contributed by atoms with Crippen LogP contribution in [0.2, 0.25) is 0 Å². The number of aliphatic hydroxyl groups excluding tert-OH is 1. The lowest BCUT2D eigenvalue weighted by Crippen LogP contribution is -1.92. The second-order valence-corrected chi connectivity index (χ2v) is 8.49. The summed E-state index contributed by atoms with van der Waals surface area (Å²) in [6, 6.07) is 6.08. The van der Waals surface area contributed by atoms with E-state index >= 15 is 0 Å². The Morgan fingerprint density at radius 3 is 2.31 bits per heavy atom. The Balaban J connectivity index is 1.39. The first kappa shape index (κ1) is 24.1. The summed E-state index contributed by atoms with van der Waals surface area (Å²) in [6.45, 7) is 2.97. The van der Waals surface area contributed by atoms with E-state index in [9.17, 15) is 0 Å². The maximum Gasteiger partial charge on any atom is 0.144 e. The smallest absolute Gasteiger partial charge is 0.144 e. The first-order chi connectivity index (χ1) is 15.8. The van der Waals surface area contributed by atoms with Gasteiger partial charge in [-0.2, -0.15) is 0 Å². The molecule has 0 aromatic carbocycles. The molecule has 0 spiro atoms. The number of nitrogens with one attached hydrogen (secondary N) is 2. The summed E-state index contributed by atoms with van der Waals surface area (Å²) >= 11 is 0. The third-order valence-electron chi connectivity index (χ3n) is 5.85. The first-order valence-electron chi connectivity index (χ1n) is 12.4. The maximum absolute atomic E-state index is 8.79. The van der Waals surface area contributed by atoms with Crippen LogP contribution >= 0.6 is 0 Å². The van der Waals surface area contributed by atoms with Crippen LogP contribution in [0.5, 0.6) is 5.75 Å². The molecule has 0 aliphatic carbocycles. The van der Waals surface area contributed by atoms with E-state index in [0.717, 1.165) is 41.4 Å². The van der Waals surface area contributed by atoms with Crippen molar-refractivity contribution in [1.82, 2.24) is 9.97 Å². The van der Waals surface area contributed by atoms with Crippen LogP contribution in [-0.4, -0.2) is 34.0 Å². The van der Waals surface area contributed by atoms with Crippen LogP contribution in [0.3, 0.4) is 0 Å². The van der Waals surface area contributed by atoms with Gasteiger partial charge in [0, 0.05) is 24.6 Å². The fourth-order valence-electron chi connectivity index (χ4n) is 4.10. The van der Waals surface area contributed by atoms with E-state index in [2.05, 4.69) is 28.2 Å². The summed E-state index contributed by atoms with van der Waals surface area (Å²) in [5, 5.41) is 8.79. The highest BCUT2D eigenvalue weighted by atomic mass is 16.5. The summed E-state index contributed by atoms with van der Waals surface area (Å²) < 4.78 is 5.82. The molecule has 2 aromatic rings. The molecule has 0 bridgehead atoms. The van der Waals surface area contributed by atoms with Crippen molar-refractivity contribution in [2.24, 2.45) is 4.99 Å². The van der Waals surface area contributed by atoms with Gasteiger partial charge in [0.25, 0.3) is 0 Å². The number of hydrogen-bond acceptors (Lipinski definition) is 3. The van der Waals surface area contributed by atoms with Crippen LogP contribution in [0, 0.1) is 0 Å². The molecule has 174 valence electrons. The minimum atomic E-state index is 0.340. The van der Waals surface area contributed by atoms with Gasteiger partial charge < -0.3 is 19.8 Å². The predicted molar refractivity (Wildman–Crippen MR) is 134 cm³/mol. The van der Waals surface area contributed by atoms with E-state index in [0.29, 0.717) is 13.2 Å². The van der Waals surface area contributed by atoms with E-state index in [1.165, 1.54) is 63.5 Å². The fourth-order valence-corrected chi connectivity index (χ4v) is 4.10. The molecule has 3 rings (SSSR count). The van der Waals surface area contributed by atoms with Crippen LogP contribution in [0.4, 0.5) is 0 Å². The molecule has 0 unspecified atom stereocenters. The molecule has 5 nitrogen and oxygen atoms in total. The summed E-state index contributed by atoms with van der Waals surface area (Å²) in [5.41, 5.74) is 5.17. The lowest BCUT2D eigenvalue weighted by molar-refractivity contribution is 0.282. The Labute approximate surface area is 192 Å². The number of aliphatic hydroxyl groups is 1. The van der Waals surface area contributed by atoms with Gasteiger partial charge in [-0.05, 0) is 56.5 Å². The quantitative estimate of drug-likeness (QED) is 0.246. The van der Waals surface area contributed by atoms with E-state index in [-0.39, 0.29) is 0 Å². The third kappa shape index (κ3) is 7.86. The summed E-state index contributed by atoms with van der Waals surface area (Å²) in [4.78, 5) is 11.5. The zero-order valence-electron chi connectivity index (χ0n) is 19.5. The van der Waals surface area contributed by atoms with Crippen LogP contribution in [-0.2, 0) is 0 Å². The molecule has 0 radical (unpaired) electrons. The van der Waals surface area contributed by atoms with Crippen molar-refractivity contribution in [1.29, 1.82) is 0 Å². The molecule has 3 N–H and O–H groups in total. The Bertz CT molecular complexity index is 875. The number of H-pyrrole nitrogens is 2. The minimum Gasteiger partial charge on any atom is -0.492 e. The SMILES string of the molecule is CCOc1cc(-c2ccc[nH]2)[nH]c1C=C1C=CC(CCCCCCCCCCCCO)=N1. The van der Waals surface area contributed by atoms with Crippen molar-refractivity contribution < 1.29 is 9.84 Å². The highest BCUT2D eigenvalue weighted by Gasteiger charge is 2.12. The molecular formula is C27H39N3O2. The molecule has 0 amide bonds. The molecule has 0 saturated carbocycles. The van der Waals surface area contributed by atoms with Crippen LogP contribution < -0.4 is 4.74 Å². The molecule has 0 atom stereocenters. The molecule has 3 heterocycles. The maximum atomic E-state index is 8.79. The van der Waals surface area contributed by atoms with E-state index < -0.39 is 0 Å². The zero-order chi connectivity index (χ0) is 22.4. The van der Waals surface area contributed by atoms with Gasteiger partial charge in [-0.15, -0.1) is 0 Å². The number of aromatic nitrogens is 2. The predicted octanol–water partition coefficient (Wildman–Crippen LogP) is 7.04. The van der Waals surface area contributed by atoms with Crippen LogP contribution in [0.15, 0.2) is 47.2 Å². The van der Waals surface area contributed by atoms with Crippen molar-refractivity contribution >= 4 is 11.8 Å². The van der Waals surface area contributed by atoms with Gasteiger partial charge in [0.15, 0.2) is 0 Å². The molecule has 32 heavy (non-hydrogen) atoms. The van der Waals surface area contributed by atoms with E-state index in [1.807, 2.05) is 31.3 Å². The standard InChI is InChI=1S/C27H39N3O2/c1-2-32-27-21-25(24-15-13-18-28-24)30-26(27)20-23-17-16-22(29-23)14-11-9-7-5-3-4-6-8-10-12-19-31/h13,15-18,20-21,28,30-31H,2-12,14,19H2,1H3. The average molecular weight is 438 g/mol. The average Bonchev–Trinajstić information content (AvgIpc) is 3.55. The number of allylic oxidation sites excluding steroid dienone is 2. The lowest BCUT2D eigenvalue weighted by Gasteiger charge is -2.02. The summed E-state index contributed by atoms with van der Waals surface area (Å²) in [6.07, 6.45) is 21.8. The molecule has 2 aromatic heterocycles. The molecular weight excluding hydrogens is 398 g/mol. The monoisotopic (exact) mass is 437 g/mol. The van der Waals surface area contributed by atoms with E-state index in [1.54, 1.807) is 0 Å². The van der Waals surface area contributed by atoms with Crippen molar-refractivity contribution in [3.63, 3.8) is 0 Å². The van der Waals surface area contributed by atoms with Crippen molar-refractivity contribution in [2.45, 2.75) is 77.6 Å². The minimum absolute atomic E-state index is 0.340. The topological polar surface area (TPSA) is 73.4 Å². The third-order valence-corrected chi connectivity index (χ3v) is 5.85. The number of unbranched alkanes of at least 4 members (excludes halogenated alkanes) is 9. The second-order valence-electron chi connectivity index (χ2n) is 8.49. The molecule has 0 fully saturated rings. The first-order valence-corrected chi connectivity index (χ1v) is 12.4. The van der Waals surface area contributed by atoms with E-state index in [4.69, 9.17) is 14.8 Å². The summed E-state index contributed by atoms with van der Waals surface area (Å²) in [5.74, 6) is 0.857. The van der Waals surface area contributed by atoms with Gasteiger partial charge in [-0.1, -0.05) is 51.4 Å². The number of ether oxygens (including phenoxy) is 1. The van der Waals surface area contributed by atoms with Gasteiger partial charge >= 0.3 is 0 Å². The van der Waals surface area contributed by atoms with Gasteiger partial charge in [0.2, 0.25) is 0 Å². The Hall–Kier alpha value is -2.53. The Morgan fingerprint density at radius 2 is 1.66 bits per heavy atom.